The van der Waals surface area contributed by atoms with Crippen molar-refractivity contribution in [1.82, 2.24) is 5.32 Å². The van der Waals surface area contributed by atoms with Crippen LogP contribution in [0.3, 0.4) is 0 Å². The summed E-state index contributed by atoms with van der Waals surface area (Å²) in [4.78, 5) is 12.7. The maximum Gasteiger partial charge on any atom is 0.235 e. The number of amides is 1. The van der Waals surface area contributed by atoms with Crippen molar-refractivity contribution in [2.45, 2.75) is 11.4 Å². The highest BCUT2D eigenvalue weighted by molar-refractivity contribution is 7.92. The first-order chi connectivity index (χ1) is 9.47. The zero-order chi connectivity index (χ0) is 14.6. The van der Waals surface area contributed by atoms with Crippen molar-refractivity contribution in [2.75, 3.05) is 5.75 Å². The molecule has 0 saturated carbocycles. The Labute approximate surface area is 126 Å². The number of sulfone groups is 1. The van der Waals surface area contributed by atoms with Crippen molar-refractivity contribution in [1.29, 1.82) is 0 Å². The smallest absolute Gasteiger partial charge is 0.235 e. The number of rotatable bonds is 5. The minimum atomic E-state index is -3.59. The van der Waals surface area contributed by atoms with Gasteiger partial charge in [-0.15, -0.1) is 11.3 Å². The summed E-state index contributed by atoms with van der Waals surface area (Å²) in [5.41, 5.74) is 0. The first kappa shape index (κ1) is 15.0. The fraction of sp³-hybridized carbons (Fsp3) is 0.154. The van der Waals surface area contributed by atoms with Gasteiger partial charge in [-0.25, -0.2) is 8.42 Å². The molecule has 7 heteroatoms. The second-order valence-corrected chi connectivity index (χ2v) is 7.84. The molecule has 1 amide bonds. The second-order valence-electron chi connectivity index (χ2n) is 4.05. The maximum atomic E-state index is 12.0. The highest BCUT2D eigenvalue weighted by atomic mass is 35.5. The summed E-state index contributed by atoms with van der Waals surface area (Å²) in [5, 5.41) is 2.57. The van der Waals surface area contributed by atoms with Crippen LogP contribution in [-0.2, 0) is 21.2 Å². The molecule has 1 N–H and O–H groups in total. The van der Waals surface area contributed by atoms with Crippen LogP contribution in [0.4, 0.5) is 0 Å². The van der Waals surface area contributed by atoms with E-state index in [4.69, 9.17) is 11.6 Å². The topological polar surface area (TPSA) is 63.2 Å². The lowest BCUT2D eigenvalue weighted by Gasteiger charge is -2.05. The Bertz CT molecular complexity index is 695. The van der Waals surface area contributed by atoms with Gasteiger partial charge in [0, 0.05) is 4.88 Å². The van der Waals surface area contributed by atoms with E-state index in [1.54, 1.807) is 30.3 Å². The molecule has 1 aromatic carbocycles. The van der Waals surface area contributed by atoms with Gasteiger partial charge in [0.1, 0.15) is 5.75 Å². The minimum absolute atomic E-state index is 0.148. The molecular weight excluding hydrogens is 318 g/mol. The Balaban J connectivity index is 1.94. The van der Waals surface area contributed by atoms with Gasteiger partial charge in [0.05, 0.1) is 15.8 Å². The van der Waals surface area contributed by atoms with E-state index in [2.05, 4.69) is 5.32 Å². The quantitative estimate of drug-likeness (QED) is 0.916. The van der Waals surface area contributed by atoms with E-state index in [9.17, 15) is 13.2 Å². The van der Waals surface area contributed by atoms with Crippen LogP contribution in [0.2, 0.25) is 4.34 Å². The van der Waals surface area contributed by atoms with Crippen molar-refractivity contribution in [3.63, 3.8) is 0 Å². The Kier molecular flexibility index (Phi) is 4.80. The van der Waals surface area contributed by atoms with E-state index in [1.807, 2.05) is 0 Å². The molecule has 0 spiro atoms. The summed E-state index contributed by atoms with van der Waals surface area (Å²) < 4.78 is 24.6. The number of benzene rings is 1. The maximum absolute atomic E-state index is 12.0. The molecule has 0 fully saturated rings. The normalized spacial score (nSPS) is 11.2. The standard InChI is InChI=1S/C13H12ClNO3S2/c14-12-7-6-10(19-12)8-15-13(16)9-20(17,18)11-4-2-1-3-5-11/h1-7H,8-9H2,(H,15,16). The third-order valence-corrected chi connectivity index (χ3v) is 5.38. The number of carbonyl (C=O) groups is 1. The molecule has 20 heavy (non-hydrogen) atoms. The Morgan fingerprint density at radius 3 is 2.45 bits per heavy atom. The first-order valence-electron chi connectivity index (χ1n) is 5.76. The number of hydrogen-bond acceptors (Lipinski definition) is 4. The summed E-state index contributed by atoms with van der Waals surface area (Å²) in [7, 11) is -3.59. The number of thiophene rings is 1. The molecule has 0 unspecified atom stereocenters. The van der Waals surface area contributed by atoms with E-state index in [0.717, 1.165) is 4.88 Å². The number of carbonyl (C=O) groups excluding carboxylic acids is 1. The van der Waals surface area contributed by atoms with E-state index in [0.29, 0.717) is 4.34 Å². The lowest BCUT2D eigenvalue weighted by molar-refractivity contribution is -0.118. The summed E-state index contributed by atoms with van der Waals surface area (Å²) >= 11 is 7.12. The van der Waals surface area contributed by atoms with Gasteiger partial charge >= 0.3 is 0 Å². The fourth-order valence-electron chi connectivity index (χ4n) is 1.57. The monoisotopic (exact) mass is 329 g/mol. The highest BCUT2D eigenvalue weighted by Crippen LogP contribution is 2.21. The zero-order valence-corrected chi connectivity index (χ0v) is 12.8. The van der Waals surface area contributed by atoms with Crippen LogP contribution < -0.4 is 5.32 Å². The average molecular weight is 330 g/mol. The second kappa shape index (κ2) is 6.39. The van der Waals surface area contributed by atoms with Gasteiger partial charge in [-0.2, -0.15) is 0 Å². The summed E-state index contributed by atoms with van der Waals surface area (Å²) in [6.45, 7) is 0.278. The largest absolute Gasteiger partial charge is 0.350 e. The molecule has 0 aliphatic carbocycles. The van der Waals surface area contributed by atoms with E-state index in [1.165, 1.54) is 23.5 Å². The number of hydrogen-bond donors (Lipinski definition) is 1. The van der Waals surface area contributed by atoms with Crippen LogP contribution in [0.25, 0.3) is 0 Å². The first-order valence-corrected chi connectivity index (χ1v) is 8.61. The molecule has 106 valence electrons. The number of nitrogens with one attached hydrogen (secondary N) is 1. The van der Waals surface area contributed by atoms with Gasteiger partial charge in [-0.05, 0) is 24.3 Å². The van der Waals surface area contributed by atoms with Gasteiger partial charge in [0.25, 0.3) is 0 Å². The van der Waals surface area contributed by atoms with Gasteiger partial charge in [0.15, 0.2) is 9.84 Å². The Hall–Kier alpha value is -1.37. The van der Waals surface area contributed by atoms with Crippen LogP contribution >= 0.6 is 22.9 Å². The predicted molar refractivity (Wildman–Crippen MR) is 79.7 cm³/mol. The van der Waals surface area contributed by atoms with Gasteiger partial charge < -0.3 is 5.32 Å². The molecule has 0 aliphatic rings. The molecule has 0 saturated heterocycles. The van der Waals surface area contributed by atoms with Crippen LogP contribution in [0.15, 0.2) is 47.4 Å². The molecule has 4 nitrogen and oxygen atoms in total. The third kappa shape index (κ3) is 4.06. The summed E-state index contributed by atoms with van der Waals surface area (Å²) in [6.07, 6.45) is 0. The Morgan fingerprint density at radius 2 is 1.85 bits per heavy atom. The van der Waals surface area contributed by atoms with Gasteiger partial charge in [0.2, 0.25) is 5.91 Å². The van der Waals surface area contributed by atoms with Gasteiger partial charge in [-0.3, -0.25) is 4.79 Å². The van der Waals surface area contributed by atoms with Crippen LogP contribution in [0, 0.1) is 0 Å². The molecule has 0 aliphatic heterocycles. The number of halogens is 1. The zero-order valence-electron chi connectivity index (χ0n) is 10.4. The SMILES string of the molecule is O=C(CS(=O)(=O)c1ccccc1)NCc1ccc(Cl)s1. The van der Waals surface area contributed by atoms with Crippen molar-refractivity contribution in [3.05, 3.63) is 51.7 Å². The molecule has 1 aromatic heterocycles. The van der Waals surface area contributed by atoms with E-state index in [-0.39, 0.29) is 11.4 Å². The summed E-state index contributed by atoms with van der Waals surface area (Å²) in [6, 6.07) is 11.4. The predicted octanol–water partition coefficient (Wildman–Crippen LogP) is 2.49. The van der Waals surface area contributed by atoms with Crippen molar-refractivity contribution in [3.8, 4) is 0 Å². The van der Waals surface area contributed by atoms with Crippen molar-refractivity contribution >= 4 is 38.7 Å². The molecule has 2 rings (SSSR count). The van der Waals surface area contributed by atoms with Crippen molar-refractivity contribution in [2.24, 2.45) is 0 Å². The fourth-order valence-corrected chi connectivity index (χ4v) is 3.78. The lowest BCUT2D eigenvalue weighted by atomic mass is 10.4. The van der Waals surface area contributed by atoms with Crippen LogP contribution in [0.5, 0.6) is 0 Å². The van der Waals surface area contributed by atoms with Crippen LogP contribution in [-0.4, -0.2) is 20.1 Å². The minimum Gasteiger partial charge on any atom is -0.350 e. The summed E-state index contributed by atoms with van der Waals surface area (Å²) in [5.74, 6) is -1.09. The molecular formula is C13H12ClNO3S2. The molecule has 0 radical (unpaired) electrons. The van der Waals surface area contributed by atoms with Crippen LogP contribution in [0.1, 0.15) is 4.88 Å². The molecule has 0 atom stereocenters. The average Bonchev–Trinajstić information content (AvgIpc) is 2.83. The van der Waals surface area contributed by atoms with E-state index >= 15 is 0 Å². The lowest BCUT2D eigenvalue weighted by Crippen LogP contribution is -2.29. The third-order valence-electron chi connectivity index (χ3n) is 2.51. The van der Waals surface area contributed by atoms with Crippen molar-refractivity contribution < 1.29 is 13.2 Å². The molecule has 1 heterocycles. The molecule has 2 aromatic rings. The highest BCUT2D eigenvalue weighted by Gasteiger charge is 2.18. The Morgan fingerprint density at radius 1 is 1.15 bits per heavy atom. The van der Waals surface area contributed by atoms with Gasteiger partial charge in [-0.1, -0.05) is 29.8 Å². The van der Waals surface area contributed by atoms with E-state index < -0.39 is 21.5 Å². The molecule has 0 bridgehead atoms.